The quantitative estimate of drug-likeness (QED) is 0.592. The number of rotatable bonds is 3. The smallest absolute Gasteiger partial charge is 0.259 e. The first-order valence-electron chi connectivity index (χ1n) is 7.33. The van der Waals surface area contributed by atoms with E-state index in [4.69, 9.17) is 5.26 Å². The molecule has 120 valence electrons. The zero-order valence-corrected chi connectivity index (χ0v) is 13.5. The van der Waals surface area contributed by atoms with Gasteiger partial charge in [-0.1, -0.05) is 18.2 Å². The number of H-pyrrole nitrogens is 1. The molecule has 4 rings (SSSR count). The van der Waals surface area contributed by atoms with Crippen LogP contribution in [0.4, 0.5) is 5.69 Å². The van der Waals surface area contributed by atoms with Crippen molar-refractivity contribution >= 4 is 34.4 Å². The number of benzene rings is 2. The van der Waals surface area contributed by atoms with Gasteiger partial charge in [-0.05, 0) is 24.3 Å². The Labute approximate surface area is 146 Å². The van der Waals surface area contributed by atoms with Crippen LogP contribution in [0.25, 0.3) is 22.3 Å². The summed E-state index contributed by atoms with van der Waals surface area (Å²) in [6.07, 6.45) is 1.47. The number of aromatic nitrogens is 4. The molecule has 2 N–H and O–H groups in total. The third-order valence-corrected chi connectivity index (χ3v) is 4.26. The summed E-state index contributed by atoms with van der Waals surface area (Å²) < 4.78 is 8.38. The molecule has 0 aliphatic rings. The summed E-state index contributed by atoms with van der Waals surface area (Å²) >= 11 is 1.10. The lowest BCUT2D eigenvalue weighted by Crippen LogP contribution is -2.12. The van der Waals surface area contributed by atoms with Crippen molar-refractivity contribution in [2.45, 2.75) is 0 Å². The number of nitrogens with zero attached hydrogens (tertiary/aromatic N) is 4. The second-order valence-corrected chi connectivity index (χ2v) is 5.77. The van der Waals surface area contributed by atoms with Crippen LogP contribution in [0.3, 0.4) is 0 Å². The van der Waals surface area contributed by atoms with E-state index in [9.17, 15) is 4.79 Å². The maximum atomic E-state index is 12.7. The molecule has 2 heterocycles. The maximum absolute atomic E-state index is 12.7. The molecule has 7 nitrogen and oxygen atoms in total. The summed E-state index contributed by atoms with van der Waals surface area (Å²) in [7, 11) is 0. The Bertz CT molecular complexity index is 1110. The number of amides is 1. The first-order chi connectivity index (χ1) is 12.3. The number of aromatic amines is 1. The second kappa shape index (κ2) is 6.14. The highest BCUT2D eigenvalue weighted by Crippen LogP contribution is 2.25. The summed E-state index contributed by atoms with van der Waals surface area (Å²) in [5, 5.41) is 18.6. The Balaban J connectivity index is 1.66. The van der Waals surface area contributed by atoms with E-state index in [1.165, 1.54) is 6.20 Å². The van der Waals surface area contributed by atoms with Crippen molar-refractivity contribution in [1.29, 1.82) is 5.26 Å². The molecule has 0 spiro atoms. The van der Waals surface area contributed by atoms with Gasteiger partial charge in [-0.15, -0.1) is 0 Å². The van der Waals surface area contributed by atoms with Crippen molar-refractivity contribution in [2.24, 2.45) is 0 Å². The fourth-order valence-electron chi connectivity index (χ4n) is 2.49. The molecule has 0 atom stereocenters. The molecular formula is C17H10N6OS. The predicted octanol–water partition coefficient (Wildman–Crippen LogP) is 3.21. The lowest BCUT2D eigenvalue weighted by molar-refractivity contribution is 0.102. The van der Waals surface area contributed by atoms with Crippen LogP contribution < -0.4 is 5.32 Å². The molecule has 0 fully saturated rings. The highest BCUT2D eigenvalue weighted by atomic mass is 32.1. The molecule has 0 bridgehead atoms. The second-order valence-electron chi connectivity index (χ2n) is 5.24. The fourth-order valence-corrected chi connectivity index (χ4v) is 3.04. The van der Waals surface area contributed by atoms with Crippen molar-refractivity contribution in [3.8, 4) is 17.3 Å². The van der Waals surface area contributed by atoms with Crippen LogP contribution in [0.1, 0.15) is 15.9 Å². The van der Waals surface area contributed by atoms with Gasteiger partial charge in [0, 0.05) is 5.56 Å². The molecule has 25 heavy (non-hydrogen) atoms. The van der Waals surface area contributed by atoms with E-state index in [0.29, 0.717) is 28.0 Å². The number of hydrogen-bond acceptors (Lipinski definition) is 6. The van der Waals surface area contributed by atoms with E-state index in [2.05, 4.69) is 30.3 Å². The average Bonchev–Trinajstić information content (AvgIpc) is 3.31. The predicted molar refractivity (Wildman–Crippen MR) is 94.1 cm³/mol. The normalized spacial score (nSPS) is 10.5. The summed E-state index contributed by atoms with van der Waals surface area (Å²) in [4.78, 5) is 12.7. The average molecular weight is 346 g/mol. The van der Waals surface area contributed by atoms with Crippen LogP contribution in [0.2, 0.25) is 0 Å². The van der Waals surface area contributed by atoms with Crippen LogP contribution >= 0.6 is 11.7 Å². The van der Waals surface area contributed by atoms with Gasteiger partial charge in [0.25, 0.3) is 5.91 Å². The minimum atomic E-state index is -0.298. The van der Waals surface area contributed by atoms with Crippen LogP contribution in [-0.2, 0) is 0 Å². The number of nitriles is 1. The standard InChI is InChI=1S/C17H10N6OS/c18-8-10-4-6-11(7-5-10)15-12(9-19-21-15)17(24)20-13-2-1-3-14-16(13)23-25-22-14/h1-7,9H,(H,19,21)(H,20,24). The Morgan fingerprint density at radius 1 is 1.16 bits per heavy atom. The van der Waals surface area contributed by atoms with Gasteiger partial charge in [0.15, 0.2) is 0 Å². The van der Waals surface area contributed by atoms with Crippen molar-refractivity contribution < 1.29 is 4.79 Å². The van der Waals surface area contributed by atoms with E-state index in [1.54, 1.807) is 30.3 Å². The van der Waals surface area contributed by atoms with Gasteiger partial charge >= 0.3 is 0 Å². The summed E-state index contributed by atoms with van der Waals surface area (Å²) in [5.74, 6) is -0.298. The number of fused-ring (bicyclic) bond motifs is 1. The third kappa shape index (κ3) is 2.73. The number of nitrogens with one attached hydrogen (secondary N) is 2. The topological polar surface area (TPSA) is 107 Å². The van der Waals surface area contributed by atoms with E-state index < -0.39 is 0 Å². The van der Waals surface area contributed by atoms with Crippen molar-refractivity contribution in [3.05, 3.63) is 59.8 Å². The molecule has 0 saturated heterocycles. The van der Waals surface area contributed by atoms with Crippen LogP contribution in [0.15, 0.2) is 48.7 Å². The highest BCUT2D eigenvalue weighted by Gasteiger charge is 2.17. The minimum absolute atomic E-state index is 0.298. The first kappa shape index (κ1) is 15.0. The number of carbonyl (C=O) groups excluding carboxylic acids is 1. The van der Waals surface area contributed by atoms with Gasteiger partial charge in [-0.25, -0.2) is 0 Å². The minimum Gasteiger partial charge on any atom is -0.320 e. The Kier molecular flexibility index (Phi) is 3.68. The molecule has 8 heteroatoms. The molecule has 0 saturated carbocycles. The molecule has 1 amide bonds. The van der Waals surface area contributed by atoms with Gasteiger partial charge in [0.2, 0.25) is 0 Å². The number of hydrogen-bond donors (Lipinski definition) is 2. The molecule has 0 radical (unpaired) electrons. The number of anilines is 1. The SMILES string of the molecule is N#Cc1ccc(-c2[nH]ncc2C(=O)Nc2cccc3nsnc23)cc1. The largest absolute Gasteiger partial charge is 0.320 e. The van der Waals surface area contributed by atoms with E-state index in [-0.39, 0.29) is 5.91 Å². The lowest BCUT2D eigenvalue weighted by atomic mass is 10.1. The van der Waals surface area contributed by atoms with Gasteiger partial charge in [0.1, 0.15) is 11.0 Å². The molecule has 2 aromatic carbocycles. The van der Waals surface area contributed by atoms with Gasteiger partial charge in [0.05, 0.1) is 46.5 Å². The van der Waals surface area contributed by atoms with Crippen molar-refractivity contribution in [1.82, 2.24) is 18.9 Å². The molecule has 2 aromatic heterocycles. The van der Waals surface area contributed by atoms with E-state index in [1.807, 2.05) is 12.1 Å². The number of carbonyl (C=O) groups is 1. The Morgan fingerprint density at radius 2 is 2.00 bits per heavy atom. The summed E-state index contributed by atoms with van der Waals surface area (Å²) in [6.45, 7) is 0. The monoisotopic (exact) mass is 346 g/mol. The van der Waals surface area contributed by atoms with Gasteiger partial charge in [-0.2, -0.15) is 19.1 Å². The van der Waals surface area contributed by atoms with Gasteiger partial charge in [-0.3, -0.25) is 9.89 Å². The van der Waals surface area contributed by atoms with Crippen LogP contribution in [0, 0.1) is 11.3 Å². The summed E-state index contributed by atoms with van der Waals surface area (Å²) in [5.41, 5.74) is 4.32. The molecule has 0 aliphatic heterocycles. The molecule has 0 aliphatic carbocycles. The third-order valence-electron chi connectivity index (χ3n) is 3.72. The van der Waals surface area contributed by atoms with Crippen LogP contribution in [0.5, 0.6) is 0 Å². The first-order valence-corrected chi connectivity index (χ1v) is 8.06. The maximum Gasteiger partial charge on any atom is 0.259 e. The van der Waals surface area contributed by atoms with Crippen molar-refractivity contribution in [2.75, 3.05) is 5.32 Å². The molecule has 0 unspecified atom stereocenters. The van der Waals surface area contributed by atoms with Crippen molar-refractivity contribution in [3.63, 3.8) is 0 Å². The Hall–Kier alpha value is -3.57. The lowest BCUT2D eigenvalue weighted by Gasteiger charge is -2.06. The summed E-state index contributed by atoms with van der Waals surface area (Å²) in [6, 6.07) is 14.4. The highest BCUT2D eigenvalue weighted by molar-refractivity contribution is 7.00. The van der Waals surface area contributed by atoms with E-state index in [0.717, 1.165) is 22.8 Å². The van der Waals surface area contributed by atoms with E-state index >= 15 is 0 Å². The van der Waals surface area contributed by atoms with Gasteiger partial charge < -0.3 is 5.32 Å². The van der Waals surface area contributed by atoms with Crippen LogP contribution in [-0.4, -0.2) is 24.9 Å². The Morgan fingerprint density at radius 3 is 2.80 bits per heavy atom. The fraction of sp³-hybridized carbons (Fsp3) is 0. The molecule has 4 aromatic rings. The zero-order valence-electron chi connectivity index (χ0n) is 12.7. The zero-order chi connectivity index (χ0) is 17.2. The molecular weight excluding hydrogens is 336 g/mol.